The number of aliphatic hydroxyl groups is 2. The maximum absolute atomic E-state index is 12.5. The molecule has 0 spiro atoms. The normalized spacial score (nSPS) is 27.5. The fraction of sp³-hybridized carbons (Fsp3) is 0.650. The Hall–Kier alpha value is -1.47. The Morgan fingerprint density at radius 3 is 2.69 bits per heavy atom. The van der Waals surface area contributed by atoms with E-state index in [-0.39, 0.29) is 12.5 Å². The van der Waals surface area contributed by atoms with Crippen LogP contribution >= 0.6 is 0 Å². The van der Waals surface area contributed by atoms with Crippen LogP contribution in [-0.4, -0.2) is 72.1 Å². The van der Waals surface area contributed by atoms with Gasteiger partial charge in [0, 0.05) is 32.8 Å². The smallest absolute Gasteiger partial charge is 0.227 e. The second-order valence-corrected chi connectivity index (χ2v) is 7.56. The van der Waals surface area contributed by atoms with Crippen molar-refractivity contribution in [3.8, 4) is 0 Å². The lowest BCUT2D eigenvalue weighted by Gasteiger charge is -2.42. The zero-order valence-electron chi connectivity index (χ0n) is 15.3. The molecule has 6 nitrogen and oxygen atoms in total. The van der Waals surface area contributed by atoms with Gasteiger partial charge in [0.2, 0.25) is 5.91 Å². The summed E-state index contributed by atoms with van der Waals surface area (Å²) in [4.78, 5) is 14.1. The summed E-state index contributed by atoms with van der Waals surface area (Å²) in [6, 6.07) is 9.60. The van der Waals surface area contributed by atoms with Crippen LogP contribution in [0.4, 0.5) is 0 Å². The van der Waals surface area contributed by atoms with Gasteiger partial charge in [0.25, 0.3) is 0 Å². The van der Waals surface area contributed by atoms with E-state index in [2.05, 4.69) is 5.32 Å². The Morgan fingerprint density at radius 2 is 2.00 bits per heavy atom. The van der Waals surface area contributed by atoms with Gasteiger partial charge in [-0.25, -0.2) is 0 Å². The molecule has 2 aliphatic rings. The number of hydrogen-bond acceptors (Lipinski definition) is 5. The second-order valence-electron chi connectivity index (χ2n) is 7.56. The van der Waals surface area contributed by atoms with Gasteiger partial charge in [-0.1, -0.05) is 30.3 Å². The van der Waals surface area contributed by atoms with Crippen LogP contribution < -0.4 is 5.32 Å². The molecule has 6 heteroatoms. The van der Waals surface area contributed by atoms with Gasteiger partial charge in [-0.3, -0.25) is 4.79 Å². The van der Waals surface area contributed by atoms with Crippen LogP contribution in [-0.2, 0) is 16.0 Å². The molecule has 1 aromatic rings. The number of likely N-dealkylation sites (tertiary alicyclic amines) is 1. The van der Waals surface area contributed by atoms with Crippen molar-refractivity contribution in [1.29, 1.82) is 0 Å². The topological polar surface area (TPSA) is 82.0 Å². The van der Waals surface area contributed by atoms with Crippen molar-refractivity contribution >= 4 is 5.91 Å². The highest BCUT2D eigenvalue weighted by molar-refractivity contribution is 5.79. The van der Waals surface area contributed by atoms with Gasteiger partial charge in [-0.15, -0.1) is 0 Å². The Balaban J connectivity index is 1.45. The molecule has 3 N–H and O–H groups in total. The van der Waals surface area contributed by atoms with Crippen LogP contribution in [0.2, 0.25) is 0 Å². The van der Waals surface area contributed by atoms with Crippen LogP contribution in [0, 0.1) is 5.92 Å². The highest BCUT2D eigenvalue weighted by atomic mass is 16.5. The molecule has 0 aliphatic carbocycles. The number of rotatable bonds is 6. The Morgan fingerprint density at radius 1 is 1.27 bits per heavy atom. The van der Waals surface area contributed by atoms with Gasteiger partial charge in [-0.05, 0) is 37.3 Å². The molecule has 2 atom stereocenters. The average Bonchev–Trinajstić information content (AvgIpc) is 2.66. The molecule has 144 valence electrons. The fourth-order valence-corrected chi connectivity index (χ4v) is 3.72. The highest BCUT2D eigenvalue weighted by Crippen LogP contribution is 2.23. The first-order valence-electron chi connectivity index (χ1n) is 9.57. The maximum atomic E-state index is 12.5. The maximum Gasteiger partial charge on any atom is 0.227 e. The SMILES string of the molecule is O=C(Cc1ccccc1)N1CC[C@](O)(CNCC2CCOCC2)[C@@H](O)C1. The van der Waals surface area contributed by atoms with E-state index in [1.54, 1.807) is 4.90 Å². The summed E-state index contributed by atoms with van der Waals surface area (Å²) in [7, 11) is 0. The lowest BCUT2D eigenvalue weighted by molar-refractivity contribution is -0.148. The van der Waals surface area contributed by atoms with Crippen LogP contribution in [0.15, 0.2) is 30.3 Å². The highest BCUT2D eigenvalue weighted by Gasteiger charge is 2.41. The van der Waals surface area contributed by atoms with E-state index in [9.17, 15) is 15.0 Å². The van der Waals surface area contributed by atoms with Crippen LogP contribution in [0.1, 0.15) is 24.8 Å². The van der Waals surface area contributed by atoms with E-state index in [1.165, 1.54) is 0 Å². The molecule has 26 heavy (non-hydrogen) atoms. The Kier molecular flexibility index (Phi) is 6.64. The number of β-amino-alcohol motifs (C(OH)–C–C–N with tert-alkyl or cyclic N) is 1. The molecule has 3 rings (SSSR count). The third-order valence-electron chi connectivity index (χ3n) is 5.58. The van der Waals surface area contributed by atoms with Crippen molar-refractivity contribution in [2.24, 2.45) is 5.92 Å². The van der Waals surface area contributed by atoms with E-state index in [1.807, 2.05) is 30.3 Å². The monoisotopic (exact) mass is 362 g/mol. The molecule has 0 radical (unpaired) electrons. The summed E-state index contributed by atoms with van der Waals surface area (Å²) in [5.41, 5.74) is -0.208. The number of carbonyl (C=O) groups excluding carboxylic acids is 1. The predicted molar refractivity (Wildman–Crippen MR) is 98.7 cm³/mol. The minimum absolute atomic E-state index is 0.00698. The molecule has 2 aliphatic heterocycles. The summed E-state index contributed by atoms with van der Waals surface area (Å²) in [6.07, 6.45) is 1.85. The summed E-state index contributed by atoms with van der Waals surface area (Å²) in [5.74, 6) is 0.560. The summed E-state index contributed by atoms with van der Waals surface area (Å²) in [5, 5.41) is 24.5. The minimum Gasteiger partial charge on any atom is -0.388 e. The third-order valence-corrected chi connectivity index (χ3v) is 5.58. The van der Waals surface area contributed by atoms with Crippen LogP contribution in [0.25, 0.3) is 0 Å². The first-order valence-corrected chi connectivity index (χ1v) is 9.57. The summed E-state index contributed by atoms with van der Waals surface area (Å²) >= 11 is 0. The van der Waals surface area contributed by atoms with Crippen molar-refractivity contribution in [1.82, 2.24) is 10.2 Å². The molecule has 1 amide bonds. The number of nitrogens with zero attached hydrogens (tertiary/aromatic N) is 1. The number of piperidine rings is 1. The average molecular weight is 362 g/mol. The molecular formula is C20H30N2O4. The van der Waals surface area contributed by atoms with E-state index >= 15 is 0 Å². The molecule has 2 fully saturated rings. The molecule has 2 heterocycles. The van der Waals surface area contributed by atoms with Gasteiger partial charge >= 0.3 is 0 Å². The number of benzene rings is 1. The van der Waals surface area contributed by atoms with Gasteiger partial charge in [0.15, 0.2) is 0 Å². The first kappa shape index (κ1) is 19.3. The van der Waals surface area contributed by atoms with E-state index in [0.29, 0.717) is 31.8 Å². The number of amides is 1. The molecule has 1 aromatic carbocycles. The number of nitrogens with one attached hydrogen (secondary N) is 1. The predicted octanol–water partition coefficient (Wildman–Crippen LogP) is 0.570. The van der Waals surface area contributed by atoms with Gasteiger partial charge in [0.1, 0.15) is 11.7 Å². The number of hydrogen-bond donors (Lipinski definition) is 3. The van der Waals surface area contributed by atoms with E-state index in [0.717, 1.165) is 38.2 Å². The zero-order chi connectivity index (χ0) is 18.4. The standard InChI is InChI=1S/C20H30N2O4/c23-18-14-22(19(24)12-16-4-2-1-3-5-16)9-8-20(18,25)15-21-13-17-6-10-26-11-7-17/h1-5,17-18,21,23,25H,6-15H2/t18-,20-/m0/s1. The molecular weight excluding hydrogens is 332 g/mol. The van der Waals surface area contributed by atoms with Crippen LogP contribution in [0.3, 0.4) is 0 Å². The number of ether oxygens (including phenoxy) is 1. The minimum atomic E-state index is -1.17. The largest absolute Gasteiger partial charge is 0.388 e. The summed E-state index contributed by atoms with van der Waals surface area (Å²) < 4.78 is 5.36. The van der Waals surface area contributed by atoms with Crippen molar-refractivity contribution in [3.63, 3.8) is 0 Å². The lowest BCUT2D eigenvalue weighted by Crippen LogP contribution is -2.61. The van der Waals surface area contributed by atoms with E-state index in [4.69, 9.17) is 4.74 Å². The van der Waals surface area contributed by atoms with Gasteiger partial charge < -0.3 is 25.2 Å². The van der Waals surface area contributed by atoms with Crippen molar-refractivity contribution < 1.29 is 19.7 Å². The van der Waals surface area contributed by atoms with Crippen molar-refractivity contribution in [3.05, 3.63) is 35.9 Å². The quantitative estimate of drug-likeness (QED) is 0.689. The first-order chi connectivity index (χ1) is 12.6. The van der Waals surface area contributed by atoms with Gasteiger partial charge in [-0.2, -0.15) is 0 Å². The molecule has 0 unspecified atom stereocenters. The molecule has 0 bridgehead atoms. The number of carbonyl (C=O) groups is 1. The fourth-order valence-electron chi connectivity index (χ4n) is 3.72. The lowest BCUT2D eigenvalue weighted by atomic mass is 9.88. The molecule has 2 saturated heterocycles. The molecule has 0 saturated carbocycles. The van der Waals surface area contributed by atoms with Gasteiger partial charge in [0.05, 0.1) is 6.42 Å². The summed E-state index contributed by atoms with van der Waals surface area (Å²) in [6.45, 7) is 3.44. The van der Waals surface area contributed by atoms with Crippen LogP contribution in [0.5, 0.6) is 0 Å². The molecule has 0 aromatic heterocycles. The van der Waals surface area contributed by atoms with E-state index < -0.39 is 11.7 Å². The Bertz CT molecular complexity index is 576. The van der Waals surface area contributed by atoms with Crippen molar-refractivity contribution in [2.45, 2.75) is 37.4 Å². The Labute approximate surface area is 155 Å². The van der Waals surface area contributed by atoms with Crippen molar-refractivity contribution in [2.75, 3.05) is 39.4 Å². The zero-order valence-corrected chi connectivity index (χ0v) is 15.3. The third kappa shape index (κ3) is 5.04. The number of aliphatic hydroxyl groups excluding tert-OH is 1. The second kappa shape index (κ2) is 8.95.